The zero-order valence-electron chi connectivity index (χ0n) is 39.0. The topological polar surface area (TPSA) is 43.9 Å². The van der Waals surface area contributed by atoms with E-state index in [1.165, 1.54) is 44.3 Å². The Morgan fingerprint density at radius 2 is 1.34 bits per heavy atom. The number of hydrogen-bond donors (Lipinski definition) is 0. The summed E-state index contributed by atoms with van der Waals surface area (Å²) in [6.07, 6.45) is 3.27. The molecule has 0 unspecified atom stereocenters. The number of fused-ring (bicyclic) bond motifs is 5. The van der Waals surface area contributed by atoms with E-state index in [0.717, 1.165) is 62.0 Å². The van der Waals surface area contributed by atoms with Crippen LogP contribution in [0.2, 0.25) is 17.3 Å². The normalized spacial score (nSPS) is 11.8. The van der Waals surface area contributed by atoms with Gasteiger partial charge in [0.25, 0.3) is 0 Å². The van der Waals surface area contributed by atoms with Crippen molar-refractivity contribution in [1.29, 1.82) is 0 Å². The number of imidazole rings is 1. The fourth-order valence-electron chi connectivity index (χ4n) is 9.04. The fourth-order valence-corrected chi connectivity index (χ4v) is 12.4. The zero-order chi connectivity index (χ0) is 44.7. The van der Waals surface area contributed by atoms with E-state index in [4.69, 9.17) is 14.4 Å². The van der Waals surface area contributed by atoms with Crippen LogP contribution in [0.5, 0.6) is 0 Å². The maximum absolute atomic E-state index is 6.14. The molecule has 6 heteroatoms. The molecule has 329 valence electrons. The molecule has 0 aliphatic carbocycles. The summed E-state index contributed by atoms with van der Waals surface area (Å²) < 4.78 is 10.1. The molecule has 1 radical (unpaired) electrons. The second-order valence-electron chi connectivity index (χ2n) is 19.2. The SMILES string of the molecule is CC(C)Cc1cc(-c2[c-]cccc2)nc[c]1[Ge]([CH3])([CH3])[CH3].CC(C)c1cc(-c2ccc3ccccc3c2)cc(C(C)C)c1-n1c(-c2[c-]c3c(cc2)oc2ccccc23)nc2ccccc21.[Ir]. The second-order valence-corrected chi connectivity index (χ2v) is 29.8. The predicted molar refractivity (Wildman–Crippen MR) is 274 cm³/mol. The van der Waals surface area contributed by atoms with Crippen LogP contribution in [0.1, 0.15) is 70.1 Å². The van der Waals surface area contributed by atoms with E-state index in [9.17, 15) is 0 Å². The van der Waals surface area contributed by atoms with Crippen LogP contribution in [0, 0.1) is 18.1 Å². The van der Waals surface area contributed by atoms with Crippen LogP contribution >= 0.6 is 0 Å². The van der Waals surface area contributed by atoms with Crippen molar-refractivity contribution < 1.29 is 24.5 Å². The van der Waals surface area contributed by atoms with Crippen molar-refractivity contribution in [3.63, 3.8) is 0 Å². The molecule has 0 atom stereocenters. The number of furan rings is 1. The third-order valence-electron chi connectivity index (χ3n) is 12.2. The van der Waals surface area contributed by atoms with E-state index in [0.29, 0.717) is 17.8 Å². The minimum absolute atomic E-state index is 0. The Balaban J connectivity index is 0.000000232. The van der Waals surface area contributed by atoms with Crippen molar-refractivity contribution in [2.45, 2.75) is 77.1 Å². The molecule has 0 bridgehead atoms. The average molecular weight is 1090 g/mol. The monoisotopic (exact) mass is 1090 g/mol. The summed E-state index contributed by atoms with van der Waals surface area (Å²) in [4.78, 5) is 9.95. The Labute approximate surface area is 400 Å². The van der Waals surface area contributed by atoms with E-state index >= 15 is 0 Å². The minimum atomic E-state index is -1.86. The molecule has 3 heterocycles. The number of benzene rings is 7. The first-order valence-corrected chi connectivity index (χ1v) is 30.1. The van der Waals surface area contributed by atoms with Gasteiger partial charge in [0.15, 0.2) is 0 Å². The van der Waals surface area contributed by atoms with Crippen molar-refractivity contribution in [2.24, 2.45) is 5.92 Å². The molecular formula is C59H57GeIrN3O-2. The van der Waals surface area contributed by atoms with E-state index in [1.54, 1.807) is 4.40 Å². The van der Waals surface area contributed by atoms with Crippen LogP contribution in [0.3, 0.4) is 0 Å². The van der Waals surface area contributed by atoms with Crippen LogP contribution in [-0.4, -0.2) is 27.8 Å². The van der Waals surface area contributed by atoms with Gasteiger partial charge in [-0.2, -0.15) is 0 Å². The van der Waals surface area contributed by atoms with Crippen LogP contribution in [-0.2, 0) is 26.5 Å². The molecule has 10 rings (SSSR count). The van der Waals surface area contributed by atoms with Crippen LogP contribution < -0.4 is 4.40 Å². The van der Waals surface area contributed by atoms with Gasteiger partial charge < -0.3 is 8.98 Å². The third kappa shape index (κ3) is 9.43. The van der Waals surface area contributed by atoms with Gasteiger partial charge in [0.1, 0.15) is 0 Å². The summed E-state index contributed by atoms with van der Waals surface area (Å²) in [5.74, 6) is 9.47. The zero-order valence-corrected chi connectivity index (χ0v) is 43.4. The Morgan fingerprint density at radius 1 is 0.646 bits per heavy atom. The molecule has 7 aromatic carbocycles. The standard InChI is InChI=1S/C41H33N2O.C18H24GeN.Ir/c1-25(2)33-23-31(29-18-17-27-11-5-6-12-28(27)21-29)24-34(26(3)4)40(33)43-37-15-9-8-14-36(37)42-41(43)30-19-20-39-35(22-30)32-13-7-10-16-38(32)44-39;1-14(2)11-16-12-18(15-9-7-6-8-10-15)20-13-17(16)19(3,4)5;/h5-21,23-26H,1-4H3;6-9,12-14H,11H2,1-5H3;/q2*-1;. The van der Waals surface area contributed by atoms with Crippen LogP contribution in [0.4, 0.5) is 0 Å². The van der Waals surface area contributed by atoms with Gasteiger partial charge >= 0.3 is 126 Å². The van der Waals surface area contributed by atoms with Gasteiger partial charge in [0, 0.05) is 25.8 Å². The molecular weight excluding hydrogens is 1030 g/mol. The van der Waals surface area contributed by atoms with E-state index in [-0.39, 0.29) is 20.1 Å². The van der Waals surface area contributed by atoms with Gasteiger partial charge in [-0.1, -0.05) is 111 Å². The largest absolute Gasteiger partial charge is 0.500 e. The van der Waals surface area contributed by atoms with Crippen LogP contribution in [0.25, 0.3) is 83.2 Å². The van der Waals surface area contributed by atoms with Gasteiger partial charge in [-0.25, -0.2) is 0 Å². The molecule has 4 nitrogen and oxygen atoms in total. The number of aromatic nitrogens is 3. The first kappa shape index (κ1) is 46.0. The van der Waals surface area contributed by atoms with E-state index < -0.39 is 13.3 Å². The van der Waals surface area contributed by atoms with E-state index in [2.05, 4.69) is 191 Å². The summed E-state index contributed by atoms with van der Waals surface area (Å²) in [5.41, 5.74) is 14.7. The fraction of sp³-hybridized carbons (Fsp3) is 0.220. The number of nitrogens with zero attached hydrogens (tertiary/aromatic N) is 3. The number of rotatable bonds is 9. The molecule has 0 fully saturated rings. The Hall–Kier alpha value is -5.59. The molecule has 0 aliphatic heterocycles. The molecule has 3 aromatic heterocycles. The summed E-state index contributed by atoms with van der Waals surface area (Å²) in [6, 6.07) is 58.3. The first-order valence-electron chi connectivity index (χ1n) is 22.8. The maximum Gasteiger partial charge on any atom is 0.0912 e. The van der Waals surface area contributed by atoms with Gasteiger partial charge in [0.05, 0.1) is 28.0 Å². The van der Waals surface area contributed by atoms with Crippen molar-refractivity contribution >= 4 is 61.4 Å². The molecule has 0 aliphatic rings. The molecule has 65 heavy (non-hydrogen) atoms. The minimum Gasteiger partial charge on any atom is -0.500 e. The molecule has 0 N–H and O–H groups in total. The molecule has 0 spiro atoms. The number of hydrogen-bond acceptors (Lipinski definition) is 3. The molecule has 0 amide bonds. The third-order valence-corrected chi connectivity index (χ3v) is 16.6. The summed E-state index contributed by atoms with van der Waals surface area (Å²) in [7, 11) is 0. The predicted octanol–water partition coefficient (Wildman–Crippen LogP) is 15.7. The number of para-hydroxylation sites is 3. The van der Waals surface area contributed by atoms with Crippen LogP contribution in [0.15, 0.2) is 156 Å². The van der Waals surface area contributed by atoms with Crippen molar-refractivity contribution in [3.05, 3.63) is 181 Å². The van der Waals surface area contributed by atoms with Crippen molar-refractivity contribution in [1.82, 2.24) is 14.5 Å². The maximum atomic E-state index is 6.14. The Kier molecular flexibility index (Phi) is 13.5. The second kappa shape index (κ2) is 19.1. The summed E-state index contributed by atoms with van der Waals surface area (Å²) in [5, 5.41) is 4.56. The summed E-state index contributed by atoms with van der Waals surface area (Å²) >= 11 is -1.86. The quantitative estimate of drug-likeness (QED) is 0.107. The molecule has 0 saturated carbocycles. The average Bonchev–Trinajstić information content (AvgIpc) is 3.87. The first-order chi connectivity index (χ1) is 30.8. The van der Waals surface area contributed by atoms with Gasteiger partial charge in [0.2, 0.25) is 0 Å². The van der Waals surface area contributed by atoms with Crippen molar-refractivity contribution in [2.75, 3.05) is 0 Å². The summed E-state index contributed by atoms with van der Waals surface area (Å²) in [6.45, 7) is 13.7. The molecule has 0 saturated heterocycles. The van der Waals surface area contributed by atoms with Gasteiger partial charge in [-0.3, -0.25) is 4.98 Å². The Bertz CT molecular complexity index is 3250. The van der Waals surface area contributed by atoms with E-state index in [1.807, 2.05) is 36.4 Å². The van der Waals surface area contributed by atoms with Crippen molar-refractivity contribution in [3.8, 4) is 39.5 Å². The molecule has 10 aromatic rings. The van der Waals surface area contributed by atoms with Gasteiger partial charge in [-0.05, 0) is 86.6 Å². The Morgan fingerprint density at radius 3 is 2.05 bits per heavy atom. The number of pyridine rings is 1. The smallest absolute Gasteiger partial charge is 0.0912 e. The van der Waals surface area contributed by atoms with Gasteiger partial charge in [-0.15, -0.1) is 12.1 Å².